The second-order valence-electron chi connectivity index (χ2n) is 4.43. The fraction of sp³-hybridized carbons (Fsp3) is 0.833. The number of rotatable bonds is 6. The highest BCUT2D eigenvalue weighted by Crippen LogP contribution is 2.07. The standard InChI is InChI=1S/C12H24/c1-11(2)9-7-5-6-8-10-12(3)4/h5,7,11-12H,6,8-10H2,1-4H3. The van der Waals surface area contributed by atoms with E-state index in [2.05, 4.69) is 39.8 Å². The summed E-state index contributed by atoms with van der Waals surface area (Å²) in [7, 11) is 0. The largest absolute Gasteiger partial charge is 0.0885 e. The molecule has 0 aromatic heterocycles. The molecule has 0 nitrogen and oxygen atoms in total. The van der Waals surface area contributed by atoms with Crippen LogP contribution in [-0.2, 0) is 0 Å². The van der Waals surface area contributed by atoms with E-state index in [4.69, 9.17) is 0 Å². The van der Waals surface area contributed by atoms with Crippen molar-refractivity contribution < 1.29 is 0 Å². The predicted octanol–water partition coefficient (Wildman–Crippen LogP) is 4.42. The summed E-state index contributed by atoms with van der Waals surface area (Å²) in [6, 6.07) is 0. The van der Waals surface area contributed by atoms with Crippen LogP contribution in [-0.4, -0.2) is 0 Å². The van der Waals surface area contributed by atoms with Gasteiger partial charge in [-0.15, -0.1) is 0 Å². The van der Waals surface area contributed by atoms with E-state index in [0.29, 0.717) is 0 Å². The molecule has 0 atom stereocenters. The molecule has 0 aliphatic rings. The Morgan fingerprint density at radius 3 is 2.08 bits per heavy atom. The molecule has 0 amide bonds. The lowest BCUT2D eigenvalue weighted by atomic mass is 10.1. The van der Waals surface area contributed by atoms with Gasteiger partial charge in [0.15, 0.2) is 0 Å². The summed E-state index contributed by atoms with van der Waals surface area (Å²) < 4.78 is 0. The molecule has 0 heteroatoms. The Kier molecular flexibility index (Phi) is 7.23. The second-order valence-corrected chi connectivity index (χ2v) is 4.43. The van der Waals surface area contributed by atoms with Crippen LogP contribution in [0, 0.1) is 11.8 Å². The molecule has 0 aliphatic heterocycles. The molecule has 0 spiro atoms. The lowest BCUT2D eigenvalue weighted by Gasteiger charge is -2.01. The van der Waals surface area contributed by atoms with E-state index in [-0.39, 0.29) is 0 Å². The van der Waals surface area contributed by atoms with Gasteiger partial charge in [0, 0.05) is 0 Å². The fourth-order valence-electron chi connectivity index (χ4n) is 1.13. The number of unbranched alkanes of at least 4 members (excludes halogenated alkanes) is 1. The van der Waals surface area contributed by atoms with Crippen LogP contribution < -0.4 is 0 Å². The van der Waals surface area contributed by atoms with Crippen LogP contribution in [0.1, 0.15) is 53.4 Å². The van der Waals surface area contributed by atoms with Crippen LogP contribution in [0.5, 0.6) is 0 Å². The fourth-order valence-corrected chi connectivity index (χ4v) is 1.13. The Hall–Kier alpha value is -0.260. The maximum atomic E-state index is 2.34. The van der Waals surface area contributed by atoms with Gasteiger partial charge in [-0.3, -0.25) is 0 Å². The van der Waals surface area contributed by atoms with Crippen LogP contribution in [0.2, 0.25) is 0 Å². The van der Waals surface area contributed by atoms with Gasteiger partial charge in [-0.05, 0) is 31.1 Å². The number of allylic oxidation sites excluding steroid dienone is 2. The predicted molar refractivity (Wildman–Crippen MR) is 57.3 cm³/mol. The SMILES string of the molecule is CC(C)CC=CCCCC(C)C. The van der Waals surface area contributed by atoms with Gasteiger partial charge in [0.05, 0.1) is 0 Å². The Labute approximate surface area is 78.1 Å². The first-order valence-corrected chi connectivity index (χ1v) is 5.28. The molecule has 0 saturated carbocycles. The number of hydrogen-bond acceptors (Lipinski definition) is 0. The Morgan fingerprint density at radius 2 is 1.58 bits per heavy atom. The third kappa shape index (κ3) is 9.74. The molecule has 72 valence electrons. The van der Waals surface area contributed by atoms with Crippen LogP contribution in [0.25, 0.3) is 0 Å². The van der Waals surface area contributed by atoms with Crippen molar-refractivity contribution in [2.24, 2.45) is 11.8 Å². The first-order chi connectivity index (χ1) is 5.63. The van der Waals surface area contributed by atoms with Crippen LogP contribution in [0.15, 0.2) is 12.2 Å². The van der Waals surface area contributed by atoms with E-state index in [9.17, 15) is 0 Å². The summed E-state index contributed by atoms with van der Waals surface area (Å²) >= 11 is 0. The van der Waals surface area contributed by atoms with Gasteiger partial charge in [0.1, 0.15) is 0 Å². The summed E-state index contributed by atoms with van der Waals surface area (Å²) in [6.45, 7) is 9.10. The van der Waals surface area contributed by atoms with Crippen molar-refractivity contribution in [3.05, 3.63) is 12.2 Å². The zero-order valence-corrected chi connectivity index (χ0v) is 9.14. The van der Waals surface area contributed by atoms with Crippen molar-refractivity contribution in [1.82, 2.24) is 0 Å². The molecule has 0 heterocycles. The third-order valence-electron chi connectivity index (χ3n) is 1.93. The molecule has 0 fully saturated rings. The first-order valence-electron chi connectivity index (χ1n) is 5.28. The molecule has 12 heavy (non-hydrogen) atoms. The second kappa shape index (κ2) is 7.39. The van der Waals surface area contributed by atoms with Crippen molar-refractivity contribution in [3.8, 4) is 0 Å². The Morgan fingerprint density at radius 1 is 0.917 bits per heavy atom. The van der Waals surface area contributed by atoms with E-state index >= 15 is 0 Å². The summed E-state index contributed by atoms with van der Waals surface area (Å²) in [5.74, 6) is 1.68. The summed E-state index contributed by atoms with van der Waals surface area (Å²) in [4.78, 5) is 0. The van der Waals surface area contributed by atoms with Crippen molar-refractivity contribution in [1.29, 1.82) is 0 Å². The highest BCUT2D eigenvalue weighted by molar-refractivity contribution is 4.82. The van der Waals surface area contributed by atoms with Gasteiger partial charge in [-0.1, -0.05) is 46.3 Å². The summed E-state index contributed by atoms with van der Waals surface area (Å²) in [5, 5.41) is 0. The molecule has 0 aliphatic carbocycles. The Balaban J connectivity index is 3.13. The van der Waals surface area contributed by atoms with Crippen LogP contribution in [0.3, 0.4) is 0 Å². The van der Waals surface area contributed by atoms with Crippen molar-refractivity contribution in [3.63, 3.8) is 0 Å². The molecular weight excluding hydrogens is 144 g/mol. The van der Waals surface area contributed by atoms with Gasteiger partial charge < -0.3 is 0 Å². The van der Waals surface area contributed by atoms with Crippen molar-refractivity contribution in [2.75, 3.05) is 0 Å². The van der Waals surface area contributed by atoms with Crippen LogP contribution in [0.4, 0.5) is 0 Å². The lowest BCUT2D eigenvalue weighted by molar-refractivity contribution is 0.559. The maximum Gasteiger partial charge on any atom is -0.0327 e. The highest BCUT2D eigenvalue weighted by atomic mass is 14.0. The molecule has 0 rings (SSSR count). The monoisotopic (exact) mass is 168 g/mol. The van der Waals surface area contributed by atoms with Gasteiger partial charge in [-0.25, -0.2) is 0 Å². The van der Waals surface area contributed by atoms with E-state index < -0.39 is 0 Å². The first kappa shape index (κ1) is 11.7. The normalized spacial score (nSPS) is 12.2. The topological polar surface area (TPSA) is 0 Å². The summed E-state index contributed by atoms with van der Waals surface area (Å²) in [5.41, 5.74) is 0. The zero-order chi connectivity index (χ0) is 9.40. The molecule has 0 unspecified atom stereocenters. The van der Waals surface area contributed by atoms with Gasteiger partial charge in [0.25, 0.3) is 0 Å². The van der Waals surface area contributed by atoms with Gasteiger partial charge >= 0.3 is 0 Å². The molecule has 0 aromatic rings. The molecular formula is C12H24. The van der Waals surface area contributed by atoms with Crippen molar-refractivity contribution in [2.45, 2.75) is 53.4 Å². The quantitative estimate of drug-likeness (QED) is 0.407. The Bertz CT molecular complexity index is 109. The minimum atomic E-state index is 0.811. The van der Waals surface area contributed by atoms with E-state index in [0.717, 1.165) is 11.8 Å². The summed E-state index contributed by atoms with van der Waals surface area (Å²) in [6.07, 6.45) is 9.89. The minimum absolute atomic E-state index is 0.811. The molecule has 0 radical (unpaired) electrons. The molecule has 0 aromatic carbocycles. The smallest absolute Gasteiger partial charge is 0.0327 e. The zero-order valence-electron chi connectivity index (χ0n) is 9.14. The van der Waals surface area contributed by atoms with E-state index in [1.807, 2.05) is 0 Å². The van der Waals surface area contributed by atoms with Gasteiger partial charge in [0.2, 0.25) is 0 Å². The lowest BCUT2D eigenvalue weighted by Crippen LogP contribution is -1.85. The molecule has 0 N–H and O–H groups in total. The van der Waals surface area contributed by atoms with E-state index in [1.165, 1.54) is 25.7 Å². The number of hydrogen-bond donors (Lipinski definition) is 0. The minimum Gasteiger partial charge on any atom is -0.0885 e. The van der Waals surface area contributed by atoms with Crippen LogP contribution >= 0.6 is 0 Å². The maximum absolute atomic E-state index is 2.34. The highest BCUT2D eigenvalue weighted by Gasteiger charge is 1.91. The van der Waals surface area contributed by atoms with Crippen molar-refractivity contribution >= 4 is 0 Å². The van der Waals surface area contributed by atoms with E-state index in [1.54, 1.807) is 0 Å². The molecule has 0 bridgehead atoms. The van der Waals surface area contributed by atoms with Gasteiger partial charge in [-0.2, -0.15) is 0 Å². The average molecular weight is 168 g/mol. The third-order valence-corrected chi connectivity index (χ3v) is 1.93. The molecule has 0 saturated heterocycles. The average Bonchev–Trinajstić information content (AvgIpc) is 1.95.